The summed E-state index contributed by atoms with van der Waals surface area (Å²) in [4.78, 5) is 10.00. The molecule has 0 fully saturated rings. The number of benzene rings is 4. The summed E-state index contributed by atoms with van der Waals surface area (Å²) in [6, 6.07) is 31.3. The van der Waals surface area contributed by atoms with Gasteiger partial charge in [-0.2, -0.15) is 0 Å². The van der Waals surface area contributed by atoms with E-state index in [1.807, 2.05) is 30.3 Å². The van der Waals surface area contributed by atoms with E-state index in [1.165, 1.54) is 21.9 Å². The van der Waals surface area contributed by atoms with E-state index < -0.39 is 0 Å². The van der Waals surface area contributed by atoms with Crippen LogP contribution in [0.4, 0.5) is 0 Å². The van der Waals surface area contributed by atoms with E-state index in [4.69, 9.17) is 14.7 Å². The summed E-state index contributed by atoms with van der Waals surface area (Å²) < 4.78 is 8.95. The minimum atomic E-state index is -0.256. The zero-order chi connectivity index (χ0) is 34.1. The van der Waals surface area contributed by atoms with Crippen LogP contribution >= 0.6 is 0 Å². The second-order valence-corrected chi connectivity index (χ2v) is 15.1. The molecule has 4 aromatic carbocycles. The smallest absolute Gasteiger partial charge is 0.220 e. The van der Waals surface area contributed by atoms with E-state index in [0.717, 1.165) is 50.2 Å². The van der Waals surface area contributed by atoms with Crippen molar-refractivity contribution in [2.75, 3.05) is 0 Å². The van der Waals surface area contributed by atoms with Gasteiger partial charge in [0, 0.05) is 39.5 Å². The molecule has 0 radical (unpaired) electrons. The average Bonchev–Trinajstić information content (AvgIpc) is 3.36. The van der Waals surface area contributed by atoms with Crippen LogP contribution in [0.15, 0.2) is 91.0 Å². The molecule has 0 unspecified atom stereocenters. The number of nitrogens with zero attached hydrogens (tertiary/aromatic N) is 3. The topological polar surface area (TPSA) is 60.2 Å². The molecule has 0 aliphatic heterocycles. The monoisotopic (exact) mass is 633 g/mol. The number of aromatic nitrogens is 3. The molecule has 48 heavy (non-hydrogen) atoms. The average molecular weight is 634 g/mol. The summed E-state index contributed by atoms with van der Waals surface area (Å²) in [5.74, 6) is 2.16. The normalized spacial score (nSPS) is 12.4. The fourth-order valence-electron chi connectivity index (χ4n) is 6.92. The van der Waals surface area contributed by atoms with Crippen molar-refractivity contribution >= 4 is 32.7 Å². The van der Waals surface area contributed by atoms with Crippen molar-refractivity contribution in [1.29, 1.82) is 0 Å². The highest BCUT2D eigenvalue weighted by molar-refractivity contribution is 6.12. The Labute approximate surface area is 282 Å². The van der Waals surface area contributed by atoms with Crippen LogP contribution in [0.3, 0.4) is 0 Å². The molecule has 0 aliphatic carbocycles. The fraction of sp³-hybridized carbons (Fsp3) is 0.256. The molecule has 7 rings (SSSR count). The lowest BCUT2D eigenvalue weighted by molar-refractivity contribution is 0.446. The molecule has 5 nitrogen and oxygen atoms in total. The summed E-state index contributed by atoms with van der Waals surface area (Å²) in [5, 5.41) is 14.8. The lowest BCUT2D eigenvalue weighted by Gasteiger charge is -2.22. The Kier molecular flexibility index (Phi) is 7.35. The first-order valence-electron chi connectivity index (χ1n) is 16.6. The van der Waals surface area contributed by atoms with E-state index in [9.17, 15) is 5.11 Å². The number of rotatable bonds is 4. The van der Waals surface area contributed by atoms with Crippen molar-refractivity contribution in [2.45, 2.75) is 73.1 Å². The first-order valence-corrected chi connectivity index (χ1v) is 16.6. The summed E-state index contributed by atoms with van der Waals surface area (Å²) in [7, 11) is 0. The van der Waals surface area contributed by atoms with Crippen LogP contribution in [0.2, 0.25) is 0 Å². The molecule has 7 aromatic rings. The van der Waals surface area contributed by atoms with Crippen molar-refractivity contribution in [2.24, 2.45) is 0 Å². The van der Waals surface area contributed by atoms with Gasteiger partial charge in [-0.3, -0.25) is 4.57 Å². The van der Waals surface area contributed by atoms with Crippen LogP contribution in [-0.2, 0) is 10.8 Å². The predicted molar refractivity (Wildman–Crippen MR) is 199 cm³/mol. The highest BCUT2D eigenvalue weighted by atomic mass is 16.5. The molecule has 1 N–H and O–H groups in total. The van der Waals surface area contributed by atoms with Crippen molar-refractivity contribution in [3.63, 3.8) is 0 Å². The highest BCUT2D eigenvalue weighted by Crippen LogP contribution is 2.43. The van der Waals surface area contributed by atoms with Gasteiger partial charge in [0.25, 0.3) is 0 Å². The van der Waals surface area contributed by atoms with Crippen molar-refractivity contribution in [3.8, 4) is 34.3 Å². The van der Waals surface area contributed by atoms with Gasteiger partial charge in [0.05, 0.1) is 11.0 Å². The van der Waals surface area contributed by atoms with Gasteiger partial charge in [0.1, 0.15) is 22.8 Å². The Balaban J connectivity index is 1.47. The fourth-order valence-corrected chi connectivity index (χ4v) is 6.92. The molecule has 5 heteroatoms. The highest BCUT2D eigenvalue weighted by Gasteiger charge is 2.24. The Bertz CT molecular complexity index is 2370. The molecule has 0 saturated heterocycles. The first-order chi connectivity index (χ1) is 22.7. The number of hydrogen-bond donors (Lipinski definition) is 1. The van der Waals surface area contributed by atoms with E-state index in [1.54, 1.807) is 0 Å². The minimum absolute atomic E-state index is 0.0298. The number of phenolic OH excluding ortho intramolecular Hbond substituents is 1. The number of aryl methyl sites for hydroxylation is 3. The second kappa shape index (κ2) is 11.2. The molecule has 0 bridgehead atoms. The lowest BCUT2D eigenvalue weighted by Crippen LogP contribution is -2.13. The van der Waals surface area contributed by atoms with Crippen LogP contribution in [0.5, 0.6) is 17.4 Å². The third-order valence-corrected chi connectivity index (χ3v) is 9.35. The van der Waals surface area contributed by atoms with Gasteiger partial charge in [-0.25, -0.2) is 9.97 Å². The van der Waals surface area contributed by atoms with Crippen LogP contribution < -0.4 is 4.74 Å². The molecule has 0 atom stereocenters. The van der Waals surface area contributed by atoms with Gasteiger partial charge in [0.2, 0.25) is 5.88 Å². The Morgan fingerprint density at radius 3 is 2.10 bits per heavy atom. The maximum absolute atomic E-state index is 11.6. The molecular weight excluding hydrogens is 590 g/mol. The molecule has 3 aromatic heterocycles. The molecule has 0 aliphatic rings. The van der Waals surface area contributed by atoms with Gasteiger partial charge in [0.15, 0.2) is 0 Å². The Hall–Kier alpha value is -5.16. The van der Waals surface area contributed by atoms with Gasteiger partial charge in [-0.05, 0) is 83.7 Å². The Morgan fingerprint density at radius 1 is 0.667 bits per heavy atom. The molecule has 242 valence electrons. The minimum Gasteiger partial charge on any atom is -0.505 e. The van der Waals surface area contributed by atoms with Crippen molar-refractivity contribution in [1.82, 2.24) is 14.5 Å². The third-order valence-electron chi connectivity index (χ3n) is 9.35. The van der Waals surface area contributed by atoms with Crippen LogP contribution in [0, 0.1) is 20.8 Å². The number of fused-ring (bicyclic) bond motifs is 4. The third kappa shape index (κ3) is 5.37. The Morgan fingerprint density at radius 2 is 1.40 bits per heavy atom. The molecular formula is C43H43N3O2. The van der Waals surface area contributed by atoms with E-state index in [2.05, 4.69) is 128 Å². The van der Waals surface area contributed by atoms with E-state index in [-0.39, 0.29) is 16.6 Å². The van der Waals surface area contributed by atoms with Crippen molar-refractivity contribution < 1.29 is 9.84 Å². The molecule has 3 heterocycles. The zero-order valence-corrected chi connectivity index (χ0v) is 29.4. The number of pyridine rings is 2. The maximum Gasteiger partial charge on any atom is 0.220 e. The SMILES string of the molecule is Cc1cc(C(C)(C)C)cc(-n2c3cccc(C)c3c3c(C)cc(Oc4cc(-c5ccccc5)c5ccc(C(C)(C)C)c(O)c5n4)cc32)n1. The lowest BCUT2D eigenvalue weighted by atomic mass is 9.85. The van der Waals surface area contributed by atoms with Gasteiger partial charge in [-0.1, -0.05) is 96.1 Å². The number of hydrogen-bond acceptors (Lipinski definition) is 4. The summed E-state index contributed by atoms with van der Waals surface area (Å²) in [6.07, 6.45) is 0. The molecule has 0 amide bonds. The zero-order valence-electron chi connectivity index (χ0n) is 29.4. The first kappa shape index (κ1) is 31.4. The van der Waals surface area contributed by atoms with Gasteiger partial charge in [-0.15, -0.1) is 0 Å². The van der Waals surface area contributed by atoms with E-state index >= 15 is 0 Å². The van der Waals surface area contributed by atoms with Crippen LogP contribution in [0.25, 0.3) is 49.7 Å². The van der Waals surface area contributed by atoms with Crippen molar-refractivity contribution in [3.05, 3.63) is 119 Å². The largest absolute Gasteiger partial charge is 0.505 e. The van der Waals surface area contributed by atoms with Crippen LogP contribution in [-0.4, -0.2) is 19.6 Å². The maximum atomic E-state index is 11.6. The summed E-state index contributed by atoms with van der Waals surface area (Å²) in [5.41, 5.74) is 9.73. The molecule has 0 saturated carbocycles. The van der Waals surface area contributed by atoms with Gasteiger partial charge < -0.3 is 9.84 Å². The van der Waals surface area contributed by atoms with Crippen LogP contribution in [0.1, 0.15) is 69.5 Å². The van der Waals surface area contributed by atoms with E-state index in [0.29, 0.717) is 17.1 Å². The number of aromatic hydroxyl groups is 1. The second-order valence-electron chi connectivity index (χ2n) is 15.1. The van der Waals surface area contributed by atoms with Gasteiger partial charge >= 0.3 is 0 Å². The number of phenols is 1. The molecule has 0 spiro atoms. The number of ether oxygens (including phenoxy) is 1. The standard InChI is InChI=1S/C43H43N3O2/c1-25-14-13-17-34-38(25)39-26(2)20-30(23-35(39)46(34)36-22-29(42(4,5)6)21-27(3)44-36)48-37-24-32(28-15-11-10-12-16-28)31-18-19-33(43(7,8)9)41(47)40(31)45-37/h10-24,47H,1-9H3. The predicted octanol–water partition coefficient (Wildman–Crippen LogP) is 11.4. The quantitative estimate of drug-likeness (QED) is 0.209. The summed E-state index contributed by atoms with van der Waals surface area (Å²) in [6.45, 7) is 19.4. The summed E-state index contributed by atoms with van der Waals surface area (Å²) >= 11 is 0.